The summed E-state index contributed by atoms with van der Waals surface area (Å²) >= 11 is 0. The lowest BCUT2D eigenvalue weighted by atomic mass is 9.91. The van der Waals surface area contributed by atoms with Gasteiger partial charge in [0.15, 0.2) is 0 Å². The van der Waals surface area contributed by atoms with Crippen LogP contribution in [0.2, 0.25) is 0 Å². The Morgan fingerprint density at radius 1 is 1.38 bits per heavy atom. The topological polar surface area (TPSA) is 92.5 Å². The van der Waals surface area contributed by atoms with Crippen LogP contribution in [0.1, 0.15) is 37.2 Å². The maximum Gasteiger partial charge on any atom is 0.246 e. The Morgan fingerprint density at radius 2 is 2.17 bits per heavy atom. The van der Waals surface area contributed by atoms with Crippen LogP contribution < -0.4 is 5.32 Å². The lowest BCUT2D eigenvalue weighted by Crippen LogP contribution is -2.31. The highest BCUT2D eigenvalue weighted by atomic mass is 16.5. The van der Waals surface area contributed by atoms with Gasteiger partial charge in [0.05, 0.1) is 11.4 Å². The minimum atomic E-state index is -0.120. The van der Waals surface area contributed by atoms with Crippen molar-refractivity contribution < 1.29 is 14.6 Å². The van der Waals surface area contributed by atoms with Crippen LogP contribution >= 0.6 is 0 Å². The fourth-order valence-corrected chi connectivity index (χ4v) is 4.99. The van der Waals surface area contributed by atoms with Gasteiger partial charge < -0.3 is 24.6 Å². The second-order valence-electron chi connectivity index (χ2n) is 8.49. The van der Waals surface area contributed by atoms with Gasteiger partial charge in [-0.15, -0.1) is 0 Å². The number of carbonyl (C=O) groups is 1. The molecule has 1 amide bonds. The van der Waals surface area contributed by atoms with Crippen molar-refractivity contribution in [3.63, 3.8) is 0 Å². The number of ether oxygens (including phenoxy) is 1. The highest BCUT2D eigenvalue weighted by molar-refractivity contribution is 5.92. The number of aromatic nitrogens is 3. The zero-order valence-corrected chi connectivity index (χ0v) is 16.5. The van der Waals surface area contributed by atoms with E-state index < -0.39 is 0 Å². The normalized spacial score (nSPS) is 23.6. The molecular weight excluding hydrogens is 370 g/mol. The van der Waals surface area contributed by atoms with E-state index in [0.29, 0.717) is 12.5 Å². The van der Waals surface area contributed by atoms with Crippen LogP contribution in [0.3, 0.4) is 0 Å². The number of hydrogen-bond donors (Lipinski definition) is 2. The number of rotatable bonds is 5. The molecular formula is C21H27N5O3. The second kappa shape index (κ2) is 7.11. The van der Waals surface area contributed by atoms with Crippen LogP contribution in [0.25, 0.3) is 11.0 Å². The van der Waals surface area contributed by atoms with Crippen molar-refractivity contribution in [3.05, 3.63) is 30.7 Å². The number of nitrogens with one attached hydrogen (secondary N) is 1. The number of hydrogen-bond acceptors (Lipinski definition) is 6. The Balaban J connectivity index is 1.51. The summed E-state index contributed by atoms with van der Waals surface area (Å²) in [5.41, 5.74) is 2.05. The molecule has 1 saturated carbocycles. The zero-order valence-electron chi connectivity index (χ0n) is 16.5. The van der Waals surface area contributed by atoms with Gasteiger partial charge in [-0.3, -0.25) is 4.79 Å². The molecule has 154 valence electrons. The van der Waals surface area contributed by atoms with Crippen LogP contribution in [0.4, 0.5) is 5.82 Å². The van der Waals surface area contributed by atoms with Gasteiger partial charge in [-0.2, -0.15) is 0 Å². The Labute approximate surface area is 169 Å². The molecule has 0 unspecified atom stereocenters. The summed E-state index contributed by atoms with van der Waals surface area (Å²) < 4.78 is 7.32. The van der Waals surface area contributed by atoms with E-state index in [0.717, 1.165) is 62.3 Å². The number of amides is 1. The molecule has 3 fully saturated rings. The number of carbonyl (C=O) groups excluding carboxylic acids is 1. The maximum atomic E-state index is 12.2. The molecule has 0 radical (unpaired) electrons. The number of anilines is 1. The average Bonchev–Trinajstić information content (AvgIpc) is 3.30. The molecule has 1 aliphatic carbocycles. The van der Waals surface area contributed by atoms with E-state index in [2.05, 4.69) is 21.9 Å². The number of likely N-dealkylation sites (tertiary alicyclic amines) is 1. The van der Waals surface area contributed by atoms with Gasteiger partial charge in [-0.05, 0) is 43.2 Å². The summed E-state index contributed by atoms with van der Waals surface area (Å²) in [6.45, 7) is 6.43. The molecule has 4 heterocycles. The van der Waals surface area contributed by atoms with Gasteiger partial charge in [0.2, 0.25) is 5.91 Å². The Morgan fingerprint density at radius 3 is 2.86 bits per heavy atom. The van der Waals surface area contributed by atoms with Crippen molar-refractivity contribution in [2.24, 2.45) is 5.41 Å². The van der Waals surface area contributed by atoms with E-state index in [4.69, 9.17) is 4.74 Å². The van der Waals surface area contributed by atoms with Gasteiger partial charge in [-0.25, -0.2) is 9.97 Å². The predicted molar refractivity (Wildman–Crippen MR) is 108 cm³/mol. The van der Waals surface area contributed by atoms with E-state index in [9.17, 15) is 9.90 Å². The van der Waals surface area contributed by atoms with Crippen LogP contribution in [0.15, 0.2) is 25.2 Å². The first-order chi connectivity index (χ1) is 14.1. The quantitative estimate of drug-likeness (QED) is 0.749. The smallest absolute Gasteiger partial charge is 0.246 e. The van der Waals surface area contributed by atoms with Crippen LogP contribution in [-0.2, 0) is 16.3 Å². The first-order valence-electron chi connectivity index (χ1n) is 10.4. The molecule has 8 nitrogen and oxygen atoms in total. The highest BCUT2D eigenvalue weighted by Crippen LogP contribution is 2.54. The van der Waals surface area contributed by atoms with E-state index in [1.54, 1.807) is 10.9 Å². The molecule has 29 heavy (non-hydrogen) atoms. The summed E-state index contributed by atoms with van der Waals surface area (Å²) in [5, 5.41) is 14.5. The first-order valence-corrected chi connectivity index (χ1v) is 10.4. The molecule has 2 aromatic heterocycles. The van der Waals surface area contributed by atoms with Gasteiger partial charge >= 0.3 is 0 Å². The molecule has 8 heteroatoms. The summed E-state index contributed by atoms with van der Waals surface area (Å²) in [6, 6.07) is 0.157. The molecule has 2 aromatic rings. The van der Waals surface area contributed by atoms with E-state index >= 15 is 0 Å². The second-order valence-corrected chi connectivity index (χ2v) is 8.49. The monoisotopic (exact) mass is 397 g/mol. The minimum Gasteiger partial charge on any atom is -0.381 e. The van der Waals surface area contributed by atoms with Gasteiger partial charge in [0.1, 0.15) is 24.5 Å². The predicted octanol–water partition coefficient (Wildman–Crippen LogP) is 1.86. The van der Waals surface area contributed by atoms with E-state index in [1.165, 1.54) is 11.6 Å². The molecule has 2 saturated heterocycles. The van der Waals surface area contributed by atoms with Crippen molar-refractivity contribution in [1.29, 1.82) is 0 Å². The molecule has 5 rings (SSSR count). The van der Waals surface area contributed by atoms with Crippen LogP contribution in [-0.4, -0.2) is 62.8 Å². The Kier molecular flexibility index (Phi) is 4.55. The molecule has 0 aromatic carbocycles. The largest absolute Gasteiger partial charge is 0.381 e. The summed E-state index contributed by atoms with van der Waals surface area (Å²) in [6.07, 6.45) is 9.09. The lowest BCUT2D eigenvalue weighted by molar-refractivity contribution is -0.125. The molecule has 0 bridgehead atoms. The highest BCUT2D eigenvalue weighted by Gasteiger charge is 2.56. The fraction of sp³-hybridized carbons (Fsp3) is 0.571. The fourth-order valence-electron chi connectivity index (χ4n) is 4.99. The molecule has 2 N–H and O–H groups in total. The van der Waals surface area contributed by atoms with Crippen molar-refractivity contribution in [1.82, 2.24) is 19.4 Å². The SMILES string of the molecule is C=CC(=O)N1C[C@H](Nc2ncnc3c2c(C2CCOCC2)cn3CO)C2(CC2)C1. The van der Waals surface area contributed by atoms with Crippen LogP contribution in [0.5, 0.6) is 0 Å². The third-order valence-corrected chi connectivity index (χ3v) is 6.83. The van der Waals surface area contributed by atoms with Crippen molar-refractivity contribution in [2.75, 3.05) is 31.6 Å². The van der Waals surface area contributed by atoms with Gasteiger partial charge in [0, 0.05) is 37.9 Å². The standard InChI is InChI=1S/C21H27N5O3/c1-2-17(28)25-10-16(21(11-25)5-6-21)24-19-18-15(14-3-7-29-8-4-14)9-26(13-27)20(18)23-12-22-19/h2,9,12,14,16,27H,1,3-8,10-11,13H2,(H,22,23,24)/t16-/m0/s1. The van der Waals surface area contributed by atoms with Crippen molar-refractivity contribution in [2.45, 2.75) is 44.4 Å². The van der Waals surface area contributed by atoms with Crippen molar-refractivity contribution >= 4 is 22.8 Å². The zero-order chi connectivity index (χ0) is 20.0. The van der Waals surface area contributed by atoms with E-state index in [1.807, 2.05) is 11.1 Å². The van der Waals surface area contributed by atoms with Gasteiger partial charge in [-0.1, -0.05) is 6.58 Å². The third kappa shape index (κ3) is 3.11. The molecule has 1 atom stereocenters. The molecule has 2 aliphatic heterocycles. The molecule has 3 aliphatic rings. The Bertz CT molecular complexity index is 945. The molecule has 1 spiro atoms. The summed E-state index contributed by atoms with van der Waals surface area (Å²) in [7, 11) is 0. The maximum absolute atomic E-state index is 12.2. The minimum absolute atomic E-state index is 0.0114. The Hall–Kier alpha value is -2.45. The number of aliphatic hydroxyl groups is 1. The average molecular weight is 397 g/mol. The van der Waals surface area contributed by atoms with Gasteiger partial charge in [0.25, 0.3) is 0 Å². The number of nitrogens with zero attached hydrogens (tertiary/aromatic N) is 4. The number of fused-ring (bicyclic) bond motifs is 1. The summed E-state index contributed by atoms with van der Waals surface area (Å²) in [4.78, 5) is 23.1. The summed E-state index contributed by atoms with van der Waals surface area (Å²) in [5.74, 6) is 1.15. The van der Waals surface area contributed by atoms with E-state index in [-0.39, 0.29) is 24.1 Å². The first kappa shape index (κ1) is 18.6. The van der Waals surface area contributed by atoms with Crippen LogP contribution in [0, 0.1) is 5.41 Å². The van der Waals surface area contributed by atoms with Crippen molar-refractivity contribution in [3.8, 4) is 0 Å². The third-order valence-electron chi connectivity index (χ3n) is 6.83. The number of aliphatic hydroxyl groups excluding tert-OH is 1. The lowest BCUT2D eigenvalue weighted by Gasteiger charge is -2.23.